The highest BCUT2D eigenvalue weighted by molar-refractivity contribution is 5.94. The zero-order valence-electron chi connectivity index (χ0n) is 17.5. The number of aryl methyl sites for hydroxylation is 1. The quantitative estimate of drug-likeness (QED) is 0.489. The van der Waals surface area contributed by atoms with Crippen molar-refractivity contribution < 1.29 is 4.79 Å². The third kappa shape index (κ3) is 3.79. The van der Waals surface area contributed by atoms with Crippen molar-refractivity contribution in [2.45, 2.75) is 31.7 Å². The van der Waals surface area contributed by atoms with Gasteiger partial charge in [0, 0.05) is 53.6 Å². The third-order valence-electron chi connectivity index (χ3n) is 6.13. The van der Waals surface area contributed by atoms with Crippen molar-refractivity contribution in [3.05, 3.63) is 106 Å². The van der Waals surface area contributed by atoms with Gasteiger partial charge in [-0.25, -0.2) is 0 Å². The van der Waals surface area contributed by atoms with Crippen LogP contribution < -0.4 is 10.7 Å². The molecule has 31 heavy (non-hydrogen) atoms. The molecule has 2 heterocycles. The molecule has 5 rings (SSSR count). The predicted molar refractivity (Wildman–Crippen MR) is 123 cm³/mol. The minimum Gasteiger partial charge on any atom is -0.361 e. The van der Waals surface area contributed by atoms with Crippen LogP contribution in [0.15, 0.2) is 77.9 Å². The summed E-state index contributed by atoms with van der Waals surface area (Å²) >= 11 is 0. The van der Waals surface area contributed by atoms with E-state index in [2.05, 4.69) is 33.1 Å². The fraction of sp³-hybridized carbons (Fsp3) is 0.231. The molecule has 0 saturated heterocycles. The second-order valence-electron chi connectivity index (χ2n) is 8.29. The largest absolute Gasteiger partial charge is 0.361 e. The van der Waals surface area contributed by atoms with E-state index in [1.54, 1.807) is 12.3 Å². The lowest BCUT2D eigenvalue weighted by molar-refractivity contribution is 0.0950. The van der Waals surface area contributed by atoms with Crippen molar-refractivity contribution in [3.63, 3.8) is 0 Å². The van der Waals surface area contributed by atoms with Gasteiger partial charge in [0.25, 0.3) is 5.91 Å². The Hall–Kier alpha value is -3.60. The number of nitrogens with one attached hydrogen (secondary N) is 2. The predicted octanol–water partition coefficient (Wildman–Crippen LogP) is 4.53. The van der Waals surface area contributed by atoms with Crippen LogP contribution in [0.2, 0.25) is 0 Å². The Morgan fingerprint density at radius 1 is 1.13 bits per heavy atom. The van der Waals surface area contributed by atoms with Crippen LogP contribution in [0, 0.1) is 6.92 Å². The molecule has 4 aromatic rings. The van der Waals surface area contributed by atoms with Crippen LogP contribution in [0.25, 0.3) is 10.9 Å². The molecule has 1 atom stereocenters. The number of rotatable bonds is 6. The molecule has 1 unspecified atom stereocenters. The highest BCUT2D eigenvalue weighted by Gasteiger charge is 2.26. The van der Waals surface area contributed by atoms with E-state index in [0.29, 0.717) is 12.6 Å². The first-order chi connectivity index (χ1) is 15.1. The van der Waals surface area contributed by atoms with Crippen LogP contribution in [-0.2, 0) is 0 Å². The first-order valence-corrected chi connectivity index (χ1v) is 10.7. The Morgan fingerprint density at radius 3 is 2.65 bits per heavy atom. The van der Waals surface area contributed by atoms with Crippen LogP contribution in [0.4, 0.5) is 0 Å². The summed E-state index contributed by atoms with van der Waals surface area (Å²) in [4.78, 5) is 28.9. The number of para-hydroxylation sites is 1. The lowest BCUT2D eigenvalue weighted by Crippen LogP contribution is -2.33. The SMILES string of the molecule is Cc1cc(=O)c(C(=O)NCC(c2ccccc2)c2c[nH]c3ccccc23)cn1C1CC1. The molecule has 0 spiro atoms. The summed E-state index contributed by atoms with van der Waals surface area (Å²) in [5.74, 6) is -0.349. The molecule has 5 heteroatoms. The van der Waals surface area contributed by atoms with Gasteiger partial charge in [-0.2, -0.15) is 0 Å². The normalized spacial score (nSPS) is 14.5. The Labute approximate surface area is 180 Å². The first kappa shape index (κ1) is 19.4. The molecule has 5 nitrogen and oxygen atoms in total. The lowest BCUT2D eigenvalue weighted by Gasteiger charge is -2.18. The standard InChI is InChI=1S/C26H25N3O2/c1-17-13-25(30)23(16-29(17)19-11-12-19)26(31)28-14-21(18-7-3-2-4-8-18)22-15-27-24-10-6-5-9-20(22)24/h2-10,13,15-16,19,21,27H,11-12,14H2,1H3,(H,28,31). The number of aromatic nitrogens is 2. The average Bonchev–Trinajstić information content (AvgIpc) is 3.54. The van der Waals surface area contributed by atoms with Crippen LogP contribution in [0.5, 0.6) is 0 Å². The highest BCUT2D eigenvalue weighted by atomic mass is 16.2. The van der Waals surface area contributed by atoms with Crippen molar-refractivity contribution in [2.75, 3.05) is 6.54 Å². The summed E-state index contributed by atoms with van der Waals surface area (Å²) in [6, 6.07) is 20.3. The van der Waals surface area contributed by atoms with E-state index in [0.717, 1.165) is 40.6 Å². The van der Waals surface area contributed by atoms with Crippen molar-refractivity contribution in [3.8, 4) is 0 Å². The van der Waals surface area contributed by atoms with Crippen LogP contribution >= 0.6 is 0 Å². The van der Waals surface area contributed by atoms with Crippen molar-refractivity contribution in [2.24, 2.45) is 0 Å². The van der Waals surface area contributed by atoms with E-state index < -0.39 is 0 Å². The molecule has 156 valence electrons. The molecule has 1 aliphatic rings. The van der Waals surface area contributed by atoms with Crippen LogP contribution in [0.1, 0.15) is 52.0 Å². The summed E-state index contributed by atoms with van der Waals surface area (Å²) in [5.41, 5.74) is 4.20. The number of benzene rings is 2. The van der Waals surface area contributed by atoms with E-state index in [9.17, 15) is 9.59 Å². The minimum atomic E-state index is -0.319. The van der Waals surface area contributed by atoms with E-state index in [1.807, 2.05) is 49.5 Å². The molecule has 1 fully saturated rings. The van der Waals surface area contributed by atoms with E-state index in [1.165, 1.54) is 0 Å². The van der Waals surface area contributed by atoms with Gasteiger partial charge in [-0.1, -0.05) is 48.5 Å². The Morgan fingerprint density at radius 2 is 1.87 bits per heavy atom. The smallest absolute Gasteiger partial charge is 0.256 e. The molecular formula is C26H25N3O2. The zero-order valence-corrected chi connectivity index (χ0v) is 17.5. The fourth-order valence-corrected chi connectivity index (χ4v) is 4.33. The maximum atomic E-state index is 13.0. The third-order valence-corrected chi connectivity index (χ3v) is 6.13. The highest BCUT2D eigenvalue weighted by Crippen LogP contribution is 2.35. The molecule has 0 aliphatic heterocycles. The maximum Gasteiger partial charge on any atom is 0.256 e. The molecule has 1 aliphatic carbocycles. The number of carbonyl (C=O) groups excluding carboxylic acids is 1. The second kappa shape index (κ2) is 7.91. The average molecular weight is 412 g/mol. The summed E-state index contributed by atoms with van der Waals surface area (Å²) in [6.45, 7) is 2.32. The molecule has 0 bridgehead atoms. The number of aromatic amines is 1. The van der Waals surface area contributed by atoms with E-state index in [4.69, 9.17) is 0 Å². The van der Waals surface area contributed by atoms with Gasteiger partial charge < -0.3 is 14.9 Å². The van der Waals surface area contributed by atoms with Crippen LogP contribution in [-0.4, -0.2) is 22.0 Å². The summed E-state index contributed by atoms with van der Waals surface area (Å²) in [6.07, 6.45) is 5.94. The number of hydrogen-bond donors (Lipinski definition) is 2. The summed E-state index contributed by atoms with van der Waals surface area (Å²) < 4.78 is 2.06. The number of pyridine rings is 1. The molecule has 0 radical (unpaired) electrons. The summed E-state index contributed by atoms with van der Waals surface area (Å²) in [7, 11) is 0. The van der Waals surface area contributed by atoms with Gasteiger partial charge in [0.05, 0.1) is 0 Å². The molecule has 2 aromatic heterocycles. The molecule has 2 N–H and O–H groups in total. The van der Waals surface area contributed by atoms with Gasteiger partial charge in [0.1, 0.15) is 5.56 Å². The number of H-pyrrole nitrogens is 1. The van der Waals surface area contributed by atoms with Crippen molar-refractivity contribution >= 4 is 16.8 Å². The molecule has 2 aromatic carbocycles. The number of hydrogen-bond acceptors (Lipinski definition) is 2. The Bertz CT molecular complexity index is 1300. The zero-order chi connectivity index (χ0) is 21.4. The summed E-state index contributed by atoms with van der Waals surface area (Å²) in [5, 5.41) is 4.17. The van der Waals surface area contributed by atoms with E-state index >= 15 is 0 Å². The minimum absolute atomic E-state index is 0.0302. The van der Waals surface area contributed by atoms with Gasteiger partial charge in [0.15, 0.2) is 5.43 Å². The molecule has 1 amide bonds. The van der Waals surface area contributed by atoms with Crippen molar-refractivity contribution in [1.82, 2.24) is 14.9 Å². The van der Waals surface area contributed by atoms with Gasteiger partial charge in [-0.05, 0) is 37.0 Å². The lowest BCUT2D eigenvalue weighted by atomic mass is 9.91. The monoisotopic (exact) mass is 411 g/mol. The topological polar surface area (TPSA) is 66.9 Å². The van der Waals surface area contributed by atoms with Crippen molar-refractivity contribution in [1.29, 1.82) is 0 Å². The molecule has 1 saturated carbocycles. The second-order valence-corrected chi connectivity index (χ2v) is 8.29. The number of fused-ring (bicyclic) bond motifs is 1. The van der Waals surface area contributed by atoms with Crippen LogP contribution in [0.3, 0.4) is 0 Å². The Kier molecular flexibility index (Phi) is 4.94. The first-order valence-electron chi connectivity index (χ1n) is 10.7. The van der Waals surface area contributed by atoms with Gasteiger partial charge >= 0.3 is 0 Å². The number of nitrogens with zero attached hydrogens (tertiary/aromatic N) is 1. The Balaban J connectivity index is 1.45. The van der Waals surface area contributed by atoms with E-state index in [-0.39, 0.29) is 22.8 Å². The fourth-order valence-electron chi connectivity index (χ4n) is 4.33. The number of carbonyl (C=O) groups is 1. The molecular weight excluding hydrogens is 386 g/mol. The van der Waals surface area contributed by atoms with Gasteiger partial charge in [-0.15, -0.1) is 0 Å². The maximum absolute atomic E-state index is 13.0. The number of amides is 1. The van der Waals surface area contributed by atoms with Gasteiger partial charge in [0.2, 0.25) is 0 Å². The van der Waals surface area contributed by atoms with Gasteiger partial charge in [-0.3, -0.25) is 9.59 Å².